The number of carbonyl (C=O) groups is 1. The van der Waals surface area contributed by atoms with Crippen LogP contribution in [0.4, 0.5) is 0 Å². The van der Waals surface area contributed by atoms with Crippen LogP contribution in [0.2, 0.25) is 0 Å². The monoisotopic (exact) mass is 288 g/mol. The van der Waals surface area contributed by atoms with Gasteiger partial charge in [-0.05, 0) is 33.6 Å². The van der Waals surface area contributed by atoms with Gasteiger partial charge in [0.05, 0.1) is 6.04 Å². The van der Waals surface area contributed by atoms with Crippen LogP contribution in [0.15, 0.2) is 11.1 Å². The summed E-state index contributed by atoms with van der Waals surface area (Å²) in [6, 6.07) is 0.949. The number of rotatable bonds is 4. The Hall–Kier alpha value is -0.350. The molecule has 16 heavy (non-hydrogen) atoms. The van der Waals surface area contributed by atoms with Crippen molar-refractivity contribution in [3.8, 4) is 0 Å². The minimum Gasteiger partial charge on any atom is -0.350 e. The van der Waals surface area contributed by atoms with E-state index in [1.165, 1.54) is 12.8 Å². The Balaban J connectivity index is 2.52. The van der Waals surface area contributed by atoms with Crippen LogP contribution in [0.25, 0.3) is 0 Å². The summed E-state index contributed by atoms with van der Waals surface area (Å²) in [7, 11) is 0. The molecule has 1 rings (SSSR count). The maximum atomic E-state index is 11.9. The number of hydrogen-bond acceptors (Lipinski definition) is 2. The molecule has 0 aromatic carbocycles. The van der Waals surface area contributed by atoms with E-state index in [2.05, 4.69) is 46.6 Å². The Morgan fingerprint density at radius 3 is 2.44 bits per heavy atom. The van der Waals surface area contributed by atoms with Crippen molar-refractivity contribution in [3.05, 3.63) is 11.1 Å². The second-order valence-corrected chi connectivity index (χ2v) is 5.76. The maximum absolute atomic E-state index is 11.9. The minimum absolute atomic E-state index is 0.0562. The smallest absolute Gasteiger partial charge is 0.237 e. The van der Waals surface area contributed by atoms with Gasteiger partial charge in [-0.2, -0.15) is 0 Å². The number of nitrogens with zero attached hydrogens (tertiary/aromatic N) is 1. The van der Waals surface area contributed by atoms with Crippen LogP contribution in [-0.2, 0) is 4.79 Å². The van der Waals surface area contributed by atoms with Crippen molar-refractivity contribution >= 4 is 21.8 Å². The first kappa shape index (κ1) is 13.7. The summed E-state index contributed by atoms with van der Waals surface area (Å²) in [6.07, 6.45) is 2.37. The van der Waals surface area contributed by atoms with Gasteiger partial charge in [-0.15, -0.1) is 0 Å². The van der Waals surface area contributed by atoms with Crippen LogP contribution in [0.1, 0.15) is 33.6 Å². The zero-order valence-electron chi connectivity index (χ0n) is 10.3. The van der Waals surface area contributed by atoms with Gasteiger partial charge in [0.2, 0.25) is 5.91 Å². The van der Waals surface area contributed by atoms with Crippen molar-refractivity contribution in [3.63, 3.8) is 0 Å². The van der Waals surface area contributed by atoms with E-state index in [1.54, 1.807) is 0 Å². The molecule has 0 spiro atoms. The first-order valence-electron chi connectivity index (χ1n) is 5.82. The number of nitrogens with one attached hydrogen (secondary N) is 1. The molecule has 0 aromatic rings. The molecular formula is C12H21BrN2O. The summed E-state index contributed by atoms with van der Waals surface area (Å²) in [6.45, 7) is 10.6. The third-order valence-electron chi connectivity index (χ3n) is 3.30. The Morgan fingerprint density at radius 2 is 2.00 bits per heavy atom. The second-order valence-electron chi connectivity index (χ2n) is 4.63. The fraction of sp³-hybridized carbons (Fsp3) is 0.750. The predicted octanol–water partition coefficient (Wildman–Crippen LogP) is 2.27. The van der Waals surface area contributed by atoms with Crippen LogP contribution >= 0.6 is 15.9 Å². The van der Waals surface area contributed by atoms with Crippen LogP contribution in [0.5, 0.6) is 0 Å². The minimum atomic E-state index is -0.0562. The molecular weight excluding hydrogens is 268 g/mol. The molecule has 0 saturated carbocycles. The average molecular weight is 289 g/mol. The zero-order chi connectivity index (χ0) is 12.3. The fourth-order valence-corrected chi connectivity index (χ4v) is 2.58. The van der Waals surface area contributed by atoms with Gasteiger partial charge in [0, 0.05) is 23.1 Å². The van der Waals surface area contributed by atoms with Crippen molar-refractivity contribution in [2.45, 2.75) is 51.7 Å². The standard InChI is InChI=1S/C12H21BrN2O/c1-8(13)7-14-12(16)11(4)15-9(2)5-6-10(15)3/h9-11H,1,5-7H2,2-4H3,(H,14,16). The van der Waals surface area contributed by atoms with Gasteiger partial charge in [0.15, 0.2) is 0 Å². The van der Waals surface area contributed by atoms with E-state index in [1.807, 2.05) is 6.92 Å². The molecule has 1 saturated heterocycles. The normalized spacial score (nSPS) is 27.8. The number of halogens is 1. The van der Waals surface area contributed by atoms with Crippen molar-refractivity contribution in [2.24, 2.45) is 0 Å². The third kappa shape index (κ3) is 3.32. The molecule has 0 bridgehead atoms. The molecule has 3 atom stereocenters. The summed E-state index contributed by atoms with van der Waals surface area (Å²) < 4.78 is 0.801. The van der Waals surface area contributed by atoms with Crippen LogP contribution < -0.4 is 5.32 Å². The largest absolute Gasteiger partial charge is 0.350 e. The lowest BCUT2D eigenvalue weighted by molar-refractivity contribution is -0.126. The van der Waals surface area contributed by atoms with E-state index in [9.17, 15) is 4.79 Å². The highest BCUT2D eigenvalue weighted by Crippen LogP contribution is 2.25. The summed E-state index contributed by atoms with van der Waals surface area (Å²) in [5, 5.41) is 2.87. The van der Waals surface area contributed by atoms with Gasteiger partial charge in [0.1, 0.15) is 0 Å². The Labute approximate surface area is 106 Å². The summed E-state index contributed by atoms with van der Waals surface area (Å²) >= 11 is 3.24. The summed E-state index contributed by atoms with van der Waals surface area (Å²) in [5.74, 6) is 0.0844. The van der Waals surface area contributed by atoms with Gasteiger partial charge >= 0.3 is 0 Å². The highest BCUT2D eigenvalue weighted by molar-refractivity contribution is 9.11. The van der Waals surface area contributed by atoms with Crippen LogP contribution in [-0.4, -0.2) is 35.5 Å². The van der Waals surface area contributed by atoms with Gasteiger partial charge in [0.25, 0.3) is 0 Å². The number of amides is 1. The molecule has 1 heterocycles. The van der Waals surface area contributed by atoms with E-state index < -0.39 is 0 Å². The highest BCUT2D eigenvalue weighted by atomic mass is 79.9. The molecule has 3 nitrogen and oxygen atoms in total. The Morgan fingerprint density at radius 1 is 1.50 bits per heavy atom. The predicted molar refractivity (Wildman–Crippen MR) is 70.5 cm³/mol. The molecule has 0 aliphatic carbocycles. The summed E-state index contributed by atoms with van der Waals surface area (Å²) in [4.78, 5) is 14.2. The first-order chi connectivity index (χ1) is 7.43. The Bertz CT molecular complexity index is 270. The van der Waals surface area contributed by atoms with Crippen molar-refractivity contribution < 1.29 is 4.79 Å². The lowest BCUT2D eigenvalue weighted by Gasteiger charge is -2.31. The van der Waals surface area contributed by atoms with Crippen molar-refractivity contribution in [1.82, 2.24) is 10.2 Å². The van der Waals surface area contributed by atoms with Crippen LogP contribution in [0.3, 0.4) is 0 Å². The third-order valence-corrected chi connectivity index (χ3v) is 3.58. The summed E-state index contributed by atoms with van der Waals surface area (Å²) in [5.41, 5.74) is 0. The second kappa shape index (κ2) is 5.82. The quantitative estimate of drug-likeness (QED) is 0.861. The first-order valence-corrected chi connectivity index (χ1v) is 6.61. The molecule has 1 aliphatic rings. The highest BCUT2D eigenvalue weighted by Gasteiger charge is 2.34. The molecule has 1 fully saturated rings. The molecule has 4 heteroatoms. The van der Waals surface area contributed by atoms with Crippen LogP contribution in [0, 0.1) is 0 Å². The number of carbonyl (C=O) groups excluding carboxylic acids is 1. The maximum Gasteiger partial charge on any atom is 0.237 e. The zero-order valence-corrected chi connectivity index (χ0v) is 11.9. The molecule has 92 valence electrons. The van der Waals surface area contributed by atoms with Crippen molar-refractivity contribution in [1.29, 1.82) is 0 Å². The van der Waals surface area contributed by atoms with Gasteiger partial charge < -0.3 is 5.32 Å². The van der Waals surface area contributed by atoms with E-state index in [0.29, 0.717) is 18.6 Å². The Kier molecular flexibility index (Phi) is 4.99. The lowest BCUT2D eigenvalue weighted by Crippen LogP contribution is -2.49. The fourth-order valence-electron chi connectivity index (χ4n) is 2.44. The van der Waals surface area contributed by atoms with Gasteiger partial charge in [-0.25, -0.2) is 0 Å². The molecule has 3 unspecified atom stereocenters. The van der Waals surface area contributed by atoms with E-state index in [4.69, 9.17) is 0 Å². The van der Waals surface area contributed by atoms with E-state index >= 15 is 0 Å². The number of likely N-dealkylation sites (tertiary alicyclic amines) is 1. The van der Waals surface area contributed by atoms with E-state index in [-0.39, 0.29) is 11.9 Å². The number of hydrogen-bond donors (Lipinski definition) is 1. The van der Waals surface area contributed by atoms with Gasteiger partial charge in [-0.1, -0.05) is 22.5 Å². The molecule has 1 N–H and O–H groups in total. The van der Waals surface area contributed by atoms with Crippen molar-refractivity contribution in [2.75, 3.05) is 6.54 Å². The average Bonchev–Trinajstić information content (AvgIpc) is 2.54. The lowest BCUT2D eigenvalue weighted by atomic mass is 10.2. The topological polar surface area (TPSA) is 32.3 Å². The molecule has 0 aromatic heterocycles. The van der Waals surface area contributed by atoms with E-state index in [0.717, 1.165) is 4.48 Å². The van der Waals surface area contributed by atoms with Gasteiger partial charge in [-0.3, -0.25) is 9.69 Å². The molecule has 1 aliphatic heterocycles. The molecule has 1 amide bonds. The molecule has 0 radical (unpaired) electrons. The SMILES string of the molecule is C=C(Br)CNC(=O)C(C)N1C(C)CCC1C.